The van der Waals surface area contributed by atoms with Gasteiger partial charge in [-0.05, 0) is 27.4 Å². The van der Waals surface area contributed by atoms with E-state index in [1.807, 2.05) is 17.5 Å². The number of ether oxygens (including phenoxy) is 1. The van der Waals surface area contributed by atoms with Crippen LogP contribution in [0.5, 0.6) is 0 Å². The molecule has 0 bridgehead atoms. The third-order valence-electron chi connectivity index (χ3n) is 2.63. The zero-order valence-corrected chi connectivity index (χ0v) is 12.4. The number of nitrogens with zero attached hydrogens (tertiary/aromatic N) is 2. The summed E-state index contributed by atoms with van der Waals surface area (Å²) < 4.78 is 7.66. The molecule has 0 aromatic carbocycles. The average Bonchev–Trinajstić information content (AvgIpc) is 2.96. The highest BCUT2D eigenvalue weighted by atomic mass is 79.9. The minimum Gasteiger partial charge on any atom is -0.386 e. The third kappa shape index (κ3) is 3.20. The highest BCUT2D eigenvalue weighted by Crippen LogP contribution is 2.27. The van der Waals surface area contributed by atoms with E-state index in [0.29, 0.717) is 19.6 Å². The van der Waals surface area contributed by atoms with Crippen LogP contribution in [0.4, 0.5) is 0 Å². The second kappa shape index (κ2) is 6.47. The Labute approximate surface area is 118 Å². The zero-order chi connectivity index (χ0) is 13.0. The molecule has 1 N–H and O–H groups in total. The molecule has 1 atom stereocenters. The van der Waals surface area contributed by atoms with E-state index in [0.717, 1.165) is 15.0 Å². The van der Waals surface area contributed by atoms with E-state index < -0.39 is 6.10 Å². The van der Waals surface area contributed by atoms with Crippen LogP contribution in [0.1, 0.15) is 16.7 Å². The van der Waals surface area contributed by atoms with Crippen molar-refractivity contribution in [2.24, 2.45) is 0 Å². The van der Waals surface area contributed by atoms with Gasteiger partial charge in [-0.3, -0.25) is 4.68 Å². The fourth-order valence-electron chi connectivity index (χ4n) is 1.78. The maximum absolute atomic E-state index is 10.3. The number of rotatable bonds is 6. The summed E-state index contributed by atoms with van der Waals surface area (Å²) in [5.74, 6) is 0. The van der Waals surface area contributed by atoms with Gasteiger partial charge in [-0.2, -0.15) is 5.10 Å². The number of thiophene rings is 1. The number of aliphatic hydroxyl groups excluding tert-OH is 1. The Bertz CT molecular complexity index is 484. The van der Waals surface area contributed by atoms with Crippen LogP contribution in [-0.4, -0.2) is 28.6 Å². The summed E-state index contributed by atoms with van der Waals surface area (Å²) in [7, 11) is 1.65. The molecule has 0 saturated carbocycles. The van der Waals surface area contributed by atoms with E-state index in [1.54, 1.807) is 29.3 Å². The summed E-state index contributed by atoms with van der Waals surface area (Å²) in [6, 6.07) is 4.02. The van der Waals surface area contributed by atoms with Crippen LogP contribution in [0.25, 0.3) is 0 Å². The second-order valence-corrected chi connectivity index (χ2v) is 5.78. The molecule has 2 aromatic heterocycles. The van der Waals surface area contributed by atoms with Crippen LogP contribution in [0, 0.1) is 0 Å². The molecule has 98 valence electrons. The smallest absolute Gasteiger partial charge is 0.102 e. The first-order valence-electron chi connectivity index (χ1n) is 5.63. The molecule has 0 aliphatic heterocycles. The van der Waals surface area contributed by atoms with Crippen LogP contribution >= 0.6 is 27.3 Å². The van der Waals surface area contributed by atoms with Crippen molar-refractivity contribution < 1.29 is 9.84 Å². The first kappa shape index (κ1) is 13.7. The predicted octanol–water partition coefficient (Wildman–Crippen LogP) is 2.63. The molecule has 6 heteroatoms. The molecule has 0 fully saturated rings. The molecule has 2 heterocycles. The van der Waals surface area contributed by atoms with Gasteiger partial charge in [-0.1, -0.05) is 6.07 Å². The molecule has 0 radical (unpaired) electrons. The van der Waals surface area contributed by atoms with E-state index in [1.165, 1.54) is 0 Å². The standard InChI is InChI=1S/C12H15BrN2O2S/c1-17-5-4-15-12(10(13)8-14-15)11(16)7-9-3-2-6-18-9/h2-3,6,8,11,16H,4-5,7H2,1H3. The normalized spacial score (nSPS) is 12.8. The largest absolute Gasteiger partial charge is 0.386 e. The van der Waals surface area contributed by atoms with Gasteiger partial charge in [-0.15, -0.1) is 11.3 Å². The highest BCUT2D eigenvalue weighted by Gasteiger charge is 2.18. The Balaban J connectivity index is 2.13. The van der Waals surface area contributed by atoms with Crippen LogP contribution in [0.3, 0.4) is 0 Å². The Kier molecular flexibility index (Phi) is 4.94. The first-order valence-corrected chi connectivity index (χ1v) is 7.30. The number of hydrogen-bond acceptors (Lipinski definition) is 4. The van der Waals surface area contributed by atoms with Crippen LogP contribution in [0.2, 0.25) is 0 Å². The molecule has 1 unspecified atom stereocenters. The van der Waals surface area contributed by atoms with E-state index in [-0.39, 0.29) is 0 Å². The van der Waals surface area contributed by atoms with Gasteiger partial charge in [0.2, 0.25) is 0 Å². The topological polar surface area (TPSA) is 47.3 Å². The highest BCUT2D eigenvalue weighted by molar-refractivity contribution is 9.10. The van der Waals surface area contributed by atoms with Gasteiger partial charge < -0.3 is 9.84 Å². The van der Waals surface area contributed by atoms with Gasteiger partial charge in [0.25, 0.3) is 0 Å². The second-order valence-electron chi connectivity index (χ2n) is 3.89. The van der Waals surface area contributed by atoms with Gasteiger partial charge in [-0.25, -0.2) is 0 Å². The summed E-state index contributed by atoms with van der Waals surface area (Å²) in [6.07, 6.45) is 1.76. The van der Waals surface area contributed by atoms with E-state index in [9.17, 15) is 5.11 Å². The maximum Gasteiger partial charge on any atom is 0.102 e. The van der Waals surface area contributed by atoms with Crippen molar-refractivity contribution in [3.63, 3.8) is 0 Å². The minimum absolute atomic E-state index is 0.558. The fraction of sp³-hybridized carbons (Fsp3) is 0.417. The van der Waals surface area contributed by atoms with Gasteiger partial charge in [0, 0.05) is 18.4 Å². The molecule has 0 aliphatic rings. The zero-order valence-electron chi connectivity index (χ0n) is 10.0. The maximum atomic E-state index is 10.3. The van der Waals surface area contributed by atoms with Crippen molar-refractivity contribution in [3.05, 3.63) is 38.8 Å². The van der Waals surface area contributed by atoms with E-state index >= 15 is 0 Å². The molecule has 0 aliphatic carbocycles. The molecular formula is C12H15BrN2O2S. The number of hydrogen-bond donors (Lipinski definition) is 1. The summed E-state index contributed by atoms with van der Waals surface area (Å²) in [5, 5.41) is 16.6. The van der Waals surface area contributed by atoms with Crippen molar-refractivity contribution in [2.45, 2.75) is 19.1 Å². The molecule has 0 amide bonds. The lowest BCUT2D eigenvalue weighted by atomic mass is 10.1. The van der Waals surface area contributed by atoms with Crippen LogP contribution < -0.4 is 0 Å². The van der Waals surface area contributed by atoms with Crippen molar-refractivity contribution in [1.29, 1.82) is 0 Å². The van der Waals surface area contributed by atoms with Crippen molar-refractivity contribution in [1.82, 2.24) is 9.78 Å². The Morgan fingerprint density at radius 2 is 2.44 bits per heavy atom. The van der Waals surface area contributed by atoms with Crippen molar-refractivity contribution in [3.8, 4) is 0 Å². The SMILES string of the molecule is COCCn1ncc(Br)c1C(O)Cc1cccs1. The minimum atomic E-state index is -0.558. The monoisotopic (exact) mass is 330 g/mol. The molecular weight excluding hydrogens is 316 g/mol. The molecule has 18 heavy (non-hydrogen) atoms. The van der Waals surface area contributed by atoms with Crippen LogP contribution in [-0.2, 0) is 17.7 Å². The molecule has 0 spiro atoms. The summed E-state index contributed by atoms with van der Waals surface area (Å²) in [4.78, 5) is 1.16. The van der Waals surface area contributed by atoms with Gasteiger partial charge >= 0.3 is 0 Å². The summed E-state index contributed by atoms with van der Waals surface area (Å²) >= 11 is 5.08. The quantitative estimate of drug-likeness (QED) is 0.885. The lowest BCUT2D eigenvalue weighted by Gasteiger charge is -2.13. The van der Waals surface area contributed by atoms with Gasteiger partial charge in [0.05, 0.1) is 29.5 Å². The summed E-state index contributed by atoms with van der Waals surface area (Å²) in [5.41, 5.74) is 0.806. The Morgan fingerprint density at radius 1 is 1.61 bits per heavy atom. The first-order chi connectivity index (χ1) is 8.72. The molecule has 0 saturated heterocycles. The van der Waals surface area contributed by atoms with Crippen molar-refractivity contribution >= 4 is 27.3 Å². The van der Waals surface area contributed by atoms with Crippen LogP contribution in [0.15, 0.2) is 28.2 Å². The lowest BCUT2D eigenvalue weighted by Crippen LogP contribution is -2.14. The number of aliphatic hydroxyl groups is 1. The lowest BCUT2D eigenvalue weighted by molar-refractivity contribution is 0.153. The molecule has 2 aromatic rings. The predicted molar refractivity (Wildman–Crippen MR) is 74.8 cm³/mol. The fourth-order valence-corrected chi connectivity index (χ4v) is 3.08. The Hall–Kier alpha value is -0.690. The summed E-state index contributed by atoms with van der Waals surface area (Å²) in [6.45, 7) is 1.21. The number of methoxy groups -OCH3 is 1. The van der Waals surface area contributed by atoms with Gasteiger partial charge in [0.15, 0.2) is 0 Å². The van der Waals surface area contributed by atoms with Crippen molar-refractivity contribution in [2.75, 3.05) is 13.7 Å². The molecule has 2 rings (SSSR count). The third-order valence-corrected chi connectivity index (χ3v) is 4.14. The molecule has 4 nitrogen and oxygen atoms in total. The van der Waals surface area contributed by atoms with Gasteiger partial charge in [0.1, 0.15) is 6.10 Å². The number of aromatic nitrogens is 2. The average molecular weight is 331 g/mol. The number of halogens is 1. The van der Waals surface area contributed by atoms with E-state index in [2.05, 4.69) is 21.0 Å². The Morgan fingerprint density at radius 3 is 3.11 bits per heavy atom. The van der Waals surface area contributed by atoms with E-state index in [4.69, 9.17) is 4.74 Å².